The summed E-state index contributed by atoms with van der Waals surface area (Å²) in [6.07, 6.45) is -6.72. The van der Waals surface area contributed by atoms with Crippen molar-refractivity contribution < 1.29 is 46.1 Å². The molecule has 0 radical (unpaired) electrons. The van der Waals surface area contributed by atoms with E-state index >= 15 is 0 Å². The Bertz CT molecular complexity index is 1510. The molecule has 0 saturated carbocycles. The minimum atomic E-state index is -4.96. The van der Waals surface area contributed by atoms with Crippen LogP contribution in [0.2, 0.25) is 0 Å². The molecule has 14 heteroatoms. The third kappa shape index (κ3) is 7.29. The average molecular weight is 632 g/mol. The average Bonchev–Trinajstić information content (AvgIpc) is 3.45. The second-order valence-electron chi connectivity index (χ2n) is 8.98. The molecule has 41 heavy (non-hydrogen) atoms. The number of phenols is 1. The number of rotatable bonds is 8. The fourth-order valence-corrected chi connectivity index (χ4v) is 6.26. The van der Waals surface area contributed by atoms with E-state index in [1.165, 1.54) is 34.6 Å². The van der Waals surface area contributed by atoms with Crippen LogP contribution in [0.3, 0.4) is 0 Å². The monoisotopic (exact) mass is 631 g/mol. The van der Waals surface area contributed by atoms with E-state index in [2.05, 4.69) is 0 Å². The third-order valence-corrected chi connectivity index (χ3v) is 8.33. The number of hydrogen-bond acceptors (Lipinski definition) is 6. The molecule has 2 N–H and O–H groups in total. The molecule has 0 aliphatic carbocycles. The van der Waals surface area contributed by atoms with Gasteiger partial charge in [0.25, 0.3) is 5.91 Å². The Morgan fingerprint density at radius 3 is 2.20 bits per heavy atom. The van der Waals surface area contributed by atoms with Gasteiger partial charge in [0.15, 0.2) is 0 Å². The van der Waals surface area contributed by atoms with Crippen molar-refractivity contribution in [2.24, 2.45) is 0 Å². The Morgan fingerprint density at radius 1 is 0.951 bits per heavy atom. The number of benzene rings is 2. The van der Waals surface area contributed by atoms with Crippen LogP contribution in [0.5, 0.6) is 5.75 Å². The van der Waals surface area contributed by atoms with Gasteiger partial charge in [-0.1, -0.05) is 30.0 Å². The van der Waals surface area contributed by atoms with Crippen LogP contribution >= 0.6 is 35.3 Å². The number of thiocarbonyl (C=S) groups is 1. The Labute approximate surface area is 243 Å². The van der Waals surface area contributed by atoms with E-state index in [4.69, 9.17) is 17.3 Å². The lowest BCUT2D eigenvalue weighted by atomic mass is 10.0. The molecule has 1 aliphatic rings. The number of thioether (sulfide) groups is 1. The summed E-state index contributed by atoms with van der Waals surface area (Å²) in [6, 6.07) is 7.09. The summed E-state index contributed by atoms with van der Waals surface area (Å²) in [4.78, 5) is 26.1. The molecule has 0 atom stereocenters. The van der Waals surface area contributed by atoms with Crippen molar-refractivity contribution >= 4 is 57.6 Å². The van der Waals surface area contributed by atoms with Gasteiger partial charge in [0.2, 0.25) is 0 Å². The van der Waals surface area contributed by atoms with Crippen LogP contribution in [0.4, 0.5) is 26.3 Å². The zero-order valence-corrected chi connectivity index (χ0v) is 23.1. The van der Waals surface area contributed by atoms with Crippen molar-refractivity contribution in [3.63, 3.8) is 0 Å². The number of thiophene rings is 1. The van der Waals surface area contributed by atoms with E-state index in [0.717, 1.165) is 28.7 Å². The highest BCUT2D eigenvalue weighted by Crippen LogP contribution is 2.40. The van der Waals surface area contributed by atoms with Crippen LogP contribution in [0.1, 0.15) is 44.8 Å². The number of alkyl halides is 6. The summed E-state index contributed by atoms with van der Waals surface area (Å²) >= 11 is 7.42. The molecule has 5 nitrogen and oxygen atoms in total. The van der Waals surface area contributed by atoms with Crippen molar-refractivity contribution in [2.45, 2.75) is 31.6 Å². The molecule has 1 saturated heterocycles. The van der Waals surface area contributed by atoms with E-state index in [9.17, 15) is 41.0 Å². The van der Waals surface area contributed by atoms with Gasteiger partial charge in [-0.05, 0) is 83.8 Å². The first-order valence-electron chi connectivity index (χ1n) is 11.8. The Kier molecular flexibility index (Phi) is 8.85. The number of carbonyl (C=O) groups is 2. The second kappa shape index (κ2) is 11.9. The molecule has 1 aromatic heterocycles. The van der Waals surface area contributed by atoms with E-state index in [1.54, 1.807) is 6.07 Å². The number of halogens is 6. The number of carboxylic acid groups (broad SMARTS) is 1. The first-order valence-corrected chi connectivity index (χ1v) is 13.9. The number of aromatic hydroxyl groups is 1. The molecule has 0 unspecified atom stereocenters. The predicted molar refractivity (Wildman–Crippen MR) is 148 cm³/mol. The summed E-state index contributed by atoms with van der Waals surface area (Å²) in [7, 11) is 0. The fourth-order valence-electron chi connectivity index (χ4n) is 4.04. The van der Waals surface area contributed by atoms with Gasteiger partial charge < -0.3 is 10.2 Å². The standard InChI is InChI=1S/C27H19F6NO4S3/c28-26(29,30)17-8-15(9-18(11-17)27(31,32)33)16-10-19(40-13-16)12-22-23(36)34(25(39)41-22)6-2-1-3-14-4-5-20(24(37)38)21(35)7-14/h4-5,7-13,35H,1-3,6H2,(H,37,38). The maximum absolute atomic E-state index is 13.2. The summed E-state index contributed by atoms with van der Waals surface area (Å²) in [6.45, 7) is 0.307. The van der Waals surface area contributed by atoms with E-state index in [0.29, 0.717) is 47.1 Å². The smallest absolute Gasteiger partial charge is 0.416 e. The van der Waals surface area contributed by atoms with Crippen LogP contribution < -0.4 is 0 Å². The molecule has 0 spiro atoms. The van der Waals surface area contributed by atoms with E-state index < -0.39 is 29.4 Å². The summed E-state index contributed by atoms with van der Waals surface area (Å²) in [5.74, 6) is -1.93. The number of aryl methyl sites for hydroxylation is 1. The largest absolute Gasteiger partial charge is 0.507 e. The molecule has 2 heterocycles. The highest BCUT2D eigenvalue weighted by molar-refractivity contribution is 8.26. The maximum Gasteiger partial charge on any atom is 0.416 e. The van der Waals surface area contributed by atoms with Crippen molar-refractivity contribution in [1.82, 2.24) is 4.90 Å². The van der Waals surface area contributed by atoms with Crippen LogP contribution in [-0.2, 0) is 23.6 Å². The van der Waals surface area contributed by atoms with Crippen LogP contribution in [0.15, 0.2) is 52.7 Å². The van der Waals surface area contributed by atoms with Crippen molar-refractivity contribution in [3.05, 3.63) is 79.9 Å². The topological polar surface area (TPSA) is 77.8 Å². The van der Waals surface area contributed by atoms with Gasteiger partial charge in [0, 0.05) is 11.4 Å². The molecule has 0 bridgehead atoms. The number of aromatic carboxylic acids is 1. The van der Waals surface area contributed by atoms with Gasteiger partial charge >= 0.3 is 18.3 Å². The van der Waals surface area contributed by atoms with Gasteiger partial charge in [0.05, 0.1) is 16.0 Å². The molecule has 1 aliphatic heterocycles. The molecule has 1 fully saturated rings. The Morgan fingerprint density at radius 2 is 1.61 bits per heavy atom. The molecule has 216 valence electrons. The first kappa shape index (κ1) is 30.6. The zero-order valence-electron chi connectivity index (χ0n) is 20.7. The van der Waals surface area contributed by atoms with Gasteiger partial charge in [-0.15, -0.1) is 11.3 Å². The van der Waals surface area contributed by atoms with Crippen LogP contribution in [-0.4, -0.2) is 37.9 Å². The highest BCUT2D eigenvalue weighted by Gasteiger charge is 2.37. The molecular weight excluding hydrogens is 612 g/mol. The normalized spacial score (nSPS) is 15.3. The highest BCUT2D eigenvalue weighted by atomic mass is 32.2. The minimum Gasteiger partial charge on any atom is -0.507 e. The lowest BCUT2D eigenvalue weighted by Gasteiger charge is -2.14. The molecule has 1 amide bonds. The number of carboxylic acids is 1. The van der Waals surface area contributed by atoms with Crippen molar-refractivity contribution in [3.8, 4) is 16.9 Å². The number of hydrogen-bond donors (Lipinski definition) is 2. The number of amides is 1. The van der Waals surface area contributed by atoms with E-state index in [-0.39, 0.29) is 39.3 Å². The van der Waals surface area contributed by atoms with Gasteiger partial charge in [0.1, 0.15) is 15.6 Å². The van der Waals surface area contributed by atoms with Crippen molar-refractivity contribution in [2.75, 3.05) is 6.54 Å². The van der Waals surface area contributed by atoms with Crippen molar-refractivity contribution in [1.29, 1.82) is 0 Å². The third-order valence-electron chi connectivity index (χ3n) is 6.08. The fraction of sp³-hybridized carbons (Fsp3) is 0.222. The van der Waals surface area contributed by atoms with Gasteiger partial charge in [-0.3, -0.25) is 9.69 Å². The summed E-state index contributed by atoms with van der Waals surface area (Å²) in [5.41, 5.74) is -2.39. The SMILES string of the molecule is O=C(O)c1ccc(CCCCN2C(=O)C(=Cc3cc(-c4cc(C(F)(F)F)cc(C(F)(F)F)c4)cs3)SC2=S)cc1O. The molecule has 4 rings (SSSR count). The predicted octanol–water partition coefficient (Wildman–Crippen LogP) is 8.08. The van der Waals surface area contributed by atoms with Crippen LogP contribution in [0.25, 0.3) is 17.2 Å². The second-order valence-corrected chi connectivity index (χ2v) is 11.6. The van der Waals surface area contributed by atoms with Gasteiger partial charge in [-0.25, -0.2) is 4.79 Å². The van der Waals surface area contributed by atoms with Gasteiger partial charge in [-0.2, -0.15) is 26.3 Å². The Balaban J connectivity index is 1.42. The Hall–Kier alpha value is -3.36. The van der Waals surface area contributed by atoms with Crippen LogP contribution in [0, 0.1) is 0 Å². The first-order chi connectivity index (χ1) is 19.1. The quantitative estimate of drug-likeness (QED) is 0.113. The summed E-state index contributed by atoms with van der Waals surface area (Å²) < 4.78 is 79.7. The zero-order chi connectivity index (χ0) is 30.1. The minimum absolute atomic E-state index is 0.0705. The molecule has 2 aromatic carbocycles. The lowest BCUT2D eigenvalue weighted by molar-refractivity contribution is -0.143. The number of carbonyl (C=O) groups excluding carboxylic acids is 1. The van der Waals surface area contributed by atoms with E-state index in [1.807, 2.05) is 0 Å². The number of unbranched alkanes of at least 4 members (excludes halogenated alkanes) is 1. The lowest BCUT2D eigenvalue weighted by Crippen LogP contribution is -2.29. The number of nitrogens with zero attached hydrogens (tertiary/aromatic N) is 1. The molecular formula is C27H19F6NO4S3. The maximum atomic E-state index is 13.2. The summed E-state index contributed by atoms with van der Waals surface area (Å²) in [5, 5.41) is 20.2. The molecule has 3 aromatic rings.